The van der Waals surface area contributed by atoms with Gasteiger partial charge in [0.1, 0.15) is 0 Å². The van der Waals surface area contributed by atoms with Gasteiger partial charge in [0, 0.05) is 30.5 Å². The average Bonchev–Trinajstić information content (AvgIpc) is 2.74. The van der Waals surface area contributed by atoms with Gasteiger partial charge in [-0.2, -0.15) is 0 Å². The van der Waals surface area contributed by atoms with Gasteiger partial charge >= 0.3 is 0 Å². The molecular weight excluding hydrogens is 162 g/mol. The van der Waals surface area contributed by atoms with Crippen LogP contribution in [0.25, 0.3) is 0 Å². The molecule has 1 aliphatic heterocycles. The van der Waals surface area contributed by atoms with Crippen LogP contribution >= 0.6 is 0 Å². The van der Waals surface area contributed by atoms with Gasteiger partial charge in [-0.05, 0) is 32.0 Å². The quantitative estimate of drug-likeness (QED) is 0.648. The van der Waals surface area contributed by atoms with Crippen LogP contribution in [0.4, 0.5) is 0 Å². The number of aromatic nitrogens is 1. The predicted octanol–water partition coefficient (Wildman–Crippen LogP) is 1.03. The predicted molar refractivity (Wildman–Crippen MR) is 53.6 cm³/mol. The molecule has 3 nitrogen and oxygen atoms in total. The van der Waals surface area contributed by atoms with Crippen molar-refractivity contribution >= 4 is 0 Å². The number of hydrogen-bond acceptors (Lipinski definition) is 2. The Morgan fingerprint density at radius 3 is 3.15 bits per heavy atom. The summed E-state index contributed by atoms with van der Waals surface area (Å²) in [6.07, 6.45) is 3.21. The Bertz CT molecular complexity index is 237. The van der Waals surface area contributed by atoms with Gasteiger partial charge in [-0.25, -0.2) is 0 Å². The largest absolute Gasteiger partial charge is 0.364 e. The van der Waals surface area contributed by atoms with Gasteiger partial charge in [-0.15, -0.1) is 0 Å². The second-order valence-corrected chi connectivity index (χ2v) is 3.70. The van der Waals surface area contributed by atoms with Crippen LogP contribution in [0.2, 0.25) is 0 Å². The van der Waals surface area contributed by atoms with Gasteiger partial charge in [0.2, 0.25) is 0 Å². The van der Waals surface area contributed by atoms with Crippen LogP contribution in [-0.4, -0.2) is 24.1 Å². The highest BCUT2D eigenvalue weighted by Crippen LogP contribution is 2.11. The van der Waals surface area contributed by atoms with E-state index >= 15 is 0 Å². The van der Waals surface area contributed by atoms with Gasteiger partial charge < -0.3 is 15.6 Å². The minimum Gasteiger partial charge on any atom is -0.364 e. The second-order valence-electron chi connectivity index (χ2n) is 3.70. The SMILES string of the molecule is C[C@H](N[C@H]1CCNC1)c1ccc[nH]1. The molecule has 0 aliphatic carbocycles. The maximum Gasteiger partial charge on any atom is 0.0446 e. The van der Waals surface area contributed by atoms with Crippen LogP contribution in [-0.2, 0) is 0 Å². The summed E-state index contributed by atoms with van der Waals surface area (Å²) in [6, 6.07) is 5.23. The van der Waals surface area contributed by atoms with E-state index in [4.69, 9.17) is 0 Å². The molecule has 0 bridgehead atoms. The summed E-state index contributed by atoms with van der Waals surface area (Å²) in [5, 5.41) is 6.94. The van der Waals surface area contributed by atoms with Crippen LogP contribution in [0.5, 0.6) is 0 Å². The van der Waals surface area contributed by atoms with Crippen molar-refractivity contribution in [2.75, 3.05) is 13.1 Å². The summed E-state index contributed by atoms with van der Waals surface area (Å²) in [5.74, 6) is 0. The first-order chi connectivity index (χ1) is 6.36. The van der Waals surface area contributed by atoms with Gasteiger partial charge in [0.25, 0.3) is 0 Å². The lowest BCUT2D eigenvalue weighted by molar-refractivity contribution is 0.472. The van der Waals surface area contributed by atoms with Crippen molar-refractivity contribution < 1.29 is 0 Å². The van der Waals surface area contributed by atoms with Gasteiger partial charge in [-0.3, -0.25) is 0 Å². The van der Waals surface area contributed by atoms with E-state index in [0.29, 0.717) is 12.1 Å². The van der Waals surface area contributed by atoms with Crippen molar-refractivity contribution in [1.29, 1.82) is 0 Å². The van der Waals surface area contributed by atoms with Crippen LogP contribution in [0.1, 0.15) is 25.1 Å². The minimum atomic E-state index is 0.430. The Hall–Kier alpha value is -0.800. The molecule has 1 saturated heterocycles. The molecule has 0 amide bonds. The van der Waals surface area contributed by atoms with Gasteiger partial charge in [0.15, 0.2) is 0 Å². The van der Waals surface area contributed by atoms with E-state index in [1.165, 1.54) is 12.1 Å². The van der Waals surface area contributed by atoms with Crippen molar-refractivity contribution in [2.24, 2.45) is 0 Å². The molecule has 0 radical (unpaired) electrons. The number of hydrogen-bond donors (Lipinski definition) is 3. The van der Waals surface area contributed by atoms with Crippen molar-refractivity contribution in [1.82, 2.24) is 15.6 Å². The zero-order valence-electron chi connectivity index (χ0n) is 8.01. The van der Waals surface area contributed by atoms with E-state index in [1.54, 1.807) is 0 Å². The average molecular weight is 179 g/mol. The minimum absolute atomic E-state index is 0.430. The first kappa shape index (κ1) is 8.78. The summed E-state index contributed by atoms with van der Waals surface area (Å²) in [4.78, 5) is 3.23. The maximum absolute atomic E-state index is 3.59. The molecule has 2 rings (SSSR count). The van der Waals surface area contributed by atoms with E-state index in [9.17, 15) is 0 Å². The Morgan fingerprint density at radius 2 is 2.54 bits per heavy atom. The smallest absolute Gasteiger partial charge is 0.0446 e. The van der Waals surface area contributed by atoms with E-state index in [0.717, 1.165) is 13.1 Å². The molecule has 3 heteroatoms. The highest BCUT2D eigenvalue weighted by molar-refractivity contribution is 5.08. The fourth-order valence-corrected chi connectivity index (χ4v) is 1.85. The molecule has 13 heavy (non-hydrogen) atoms. The molecular formula is C10H17N3. The molecule has 72 valence electrons. The molecule has 0 aromatic carbocycles. The number of aromatic amines is 1. The van der Waals surface area contributed by atoms with E-state index < -0.39 is 0 Å². The molecule has 1 aromatic rings. The zero-order valence-corrected chi connectivity index (χ0v) is 8.01. The first-order valence-corrected chi connectivity index (χ1v) is 4.96. The monoisotopic (exact) mass is 179 g/mol. The highest BCUT2D eigenvalue weighted by Gasteiger charge is 2.17. The molecule has 1 aromatic heterocycles. The molecule has 0 spiro atoms. The van der Waals surface area contributed by atoms with Crippen LogP contribution in [0.3, 0.4) is 0 Å². The standard InChI is InChI=1S/C10H17N3/c1-8(10-3-2-5-12-10)13-9-4-6-11-7-9/h2-3,5,8-9,11-13H,4,6-7H2,1H3/t8-,9-/m0/s1. The molecule has 1 aliphatic rings. The first-order valence-electron chi connectivity index (χ1n) is 4.96. The highest BCUT2D eigenvalue weighted by atomic mass is 15.0. The third-order valence-electron chi connectivity index (χ3n) is 2.63. The normalized spacial score (nSPS) is 24.8. The molecule has 2 atom stereocenters. The maximum atomic E-state index is 3.59. The molecule has 0 unspecified atom stereocenters. The van der Waals surface area contributed by atoms with Crippen molar-refractivity contribution in [3.63, 3.8) is 0 Å². The van der Waals surface area contributed by atoms with E-state index in [-0.39, 0.29) is 0 Å². The molecule has 1 fully saturated rings. The van der Waals surface area contributed by atoms with Gasteiger partial charge in [-0.1, -0.05) is 0 Å². The second kappa shape index (κ2) is 3.94. The summed E-state index contributed by atoms with van der Waals surface area (Å²) < 4.78 is 0. The Labute approximate surface area is 78.9 Å². The lowest BCUT2D eigenvalue weighted by atomic mass is 10.2. The van der Waals surface area contributed by atoms with Crippen LogP contribution in [0, 0.1) is 0 Å². The van der Waals surface area contributed by atoms with Crippen LogP contribution < -0.4 is 10.6 Å². The summed E-state index contributed by atoms with van der Waals surface area (Å²) in [7, 11) is 0. The van der Waals surface area contributed by atoms with E-state index in [2.05, 4.69) is 28.6 Å². The summed E-state index contributed by atoms with van der Waals surface area (Å²) in [6.45, 7) is 4.45. The number of rotatable bonds is 3. The molecule has 3 N–H and O–H groups in total. The topological polar surface area (TPSA) is 39.8 Å². The van der Waals surface area contributed by atoms with E-state index in [1.807, 2.05) is 12.3 Å². The third kappa shape index (κ3) is 2.11. The fourth-order valence-electron chi connectivity index (χ4n) is 1.85. The number of H-pyrrole nitrogens is 1. The van der Waals surface area contributed by atoms with Crippen LogP contribution in [0.15, 0.2) is 18.3 Å². The van der Waals surface area contributed by atoms with Crippen molar-refractivity contribution in [3.05, 3.63) is 24.0 Å². The number of nitrogens with one attached hydrogen (secondary N) is 3. The molecule has 0 saturated carbocycles. The van der Waals surface area contributed by atoms with Crippen molar-refractivity contribution in [2.45, 2.75) is 25.4 Å². The summed E-state index contributed by atoms with van der Waals surface area (Å²) in [5.41, 5.74) is 1.27. The Balaban J connectivity index is 1.87. The van der Waals surface area contributed by atoms with Crippen molar-refractivity contribution in [3.8, 4) is 0 Å². The lowest BCUT2D eigenvalue weighted by Gasteiger charge is -2.17. The molecule has 2 heterocycles. The fraction of sp³-hybridized carbons (Fsp3) is 0.600. The Kier molecular flexibility index (Phi) is 2.66. The zero-order chi connectivity index (χ0) is 9.10. The third-order valence-corrected chi connectivity index (χ3v) is 2.63. The lowest BCUT2D eigenvalue weighted by Crippen LogP contribution is -2.33. The van der Waals surface area contributed by atoms with Gasteiger partial charge in [0.05, 0.1) is 0 Å². The Morgan fingerprint density at radius 1 is 1.62 bits per heavy atom. The summed E-state index contributed by atoms with van der Waals surface area (Å²) >= 11 is 0.